The molecule has 0 spiro atoms. The van der Waals surface area contributed by atoms with Gasteiger partial charge in [0.25, 0.3) is 0 Å². The minimum atomic E-state index is -4.61. The smallest absolute Gasteiger partial charge is 0.360 e. The molecule has 1 aliphatic heterocycles. The lowest BCUT2D eigenvalue weighted by Gasteiger charge is -2.36. The van der Waals surface area contributed by atoms with E-state index in [2.05, 4.69) is 5.10 Å². The number of piperazine rings is 1. The van der Waals surface area contributed by atoms with Crippen LogP contribution in [-0.2, 0) is 18.0 Å². The van der Waals surface area contributed by atoms with Crippen LogP contribution in [0.25, 0.3) is 0 Å². The number of nitriles is 1. The molecule has 1 saturated heterocycles. The van der Waals surface area contributed by atoms with Gasteiger partial charge in [0, 0.05) is 32.0 Å². The Morgan fingerprint density at radius 3 is 2.60 bits per heavy atom. The molecule has 0 unspecified atom stereocenters. The normalized spacial score (nSPS) is 15.4. The third-order valence-corrected chi connectivity index (χ3v) is 4.00. The quantitative estimate of drug-likeness (QED) is 0.833. The summed E-state index contributed by atoms with van der Waals surface area (Å²) in [7, 11) is 1.72. The summed E-state index contributed by atoms with van der Waals surface area (Å²) >= 11 is 0. The summed E-state index contributed by atoms with van der Waals surface area (Å²) in [4.78, 5) is 15.3. The first kappa shape index (κ1) is 16.8. The fraction of sp³-hybridized carbons (Fsp3) is 0.312. The van der Waals surface area contributed by atoms with E-state index in [0.717, 1.165) is 6.07 Å². The van der Waals surface area contributed by atoms with Gasteiger partial charge in [0.1, 0.15) is 0 Å². The zero-order valence-electron chi connectivity index (χ0n) is 13.3. The summed E-state index contributed by atoms with van der Waals surface area (Å²) in [5.41, 5.74) is -0.459. The Morgan fingerprint density at radius 1 is 1.28 bits per heavy atom. The number of carbonyl (C=O) groups excluding carboxylic acids is 1. The Morgan fingerprint density at radius 2 is 2.04 bits per heavy atom. The number of aryl methyl sites for hydroxylation is 1. The van der Waals surface area contributed by atoms with Gasteiger partial charge in [0.2, 0.25) is 5.91 Å². The van der Waals surface area contributed by atoms with E-state index in [4.69, 9.17) is 5.26 Å². The molecular formula is C16H14F3N5O. The summed E-state index contributed by atoms with van der Waals surface area (Å²) < 4.78 is 41.5. The average molecular weight is 349 g/mol. The molecule has 1 aliphatic rings. The molecule has 9 heteroatoms. The summed E-state index contributed by atoms with van der Waals surface area (Å²) in [5, 5.41) is 12.8. The van der Waals surface area contributed by atoms with Gasteiger partial charge in [-0.1, -0.05) is 0 Å². The van der Waals surface area contributed by atoms with Crippen molar-refractivity contribution < 1.29 is 18.0 Å². The number of anilines is 2. The second kappa shape index (κ2) is 6.12. The summed E-state index contributed by atoms with van der Waals surface area (Å²) in [6.45, 7) is 0.321. The fourth-order valence-electron chi connectivity index (χ4n) is 2.81. The van der Waals surface area contributed by atoms with E-state index in [0.29, 0.717) is 5.69 Å². The molecule has 2 heterocycles. The van der Waals surface area contributed by atoms with Crippen LogP contribution in [0.1, 0.15) is 11.1 Å². The van der Waals surface area contributed by atoms with Crippen molar-refractivity contribution in [1.82, 2.24) is 9.78 Å². The van der Waals surface area contributed by atoms with Crippen LogP contribution in [0.4, 0.5) is 24.5 Å². The zero-order valence-corrected chi connectivity index (χ0v) is 13.3. The number of carbonyl (C=O) groups is 1. The average Bonchev–Trinajstić information content (AvgIpc) is 2.99. The highest BCUT2D eigenvalue weighted by Gasteiger charge is 2.37. The van der Waals surface area contributed by atoms with Crippen LogP contribution in [0, 0.1) is 11.3 Å². The van der Waals surface area contributed by atoms with E-state index in [1.165, 1.54) is 28.1 Å². The van der Waals surface area contributed by atoms with Crippen LogP contribution in [0.15, 0.2) is 30.6 Å². The topological polar surface area (TPSA) is 65.2 Å². The van der Waals surface area contributed by atoms with Crippen LogP contribution in [0.5, 0.6) is 0 Å². The summed E-state index contributed by atoms with van der Waals surface area (Å²) in [6, 6.07) is 5.09. The molecule has 1 fully saturated rings. The van der Waals surface area contributed by atoms with Crippen LogP contribution < -0.4 is 9.80 Å². The molecule has 3 rings (SSSR count). The SMILES string of the molecule is Cn1cc(N2CCN(c3ccc(C#N)cc3C(F)(F)F)CC2=O)cn1. The zero-order chi connectivity index (χ0) is 18.2. The van der Waals surface area contributed by atoms with Gasteiger partial charge >= 0.3 is 6.18 Å². The van der Waals surface area contributed by atoms with Crippen LogP contribution in [0.2, 0.25) is 0 Å². The number of nitrogens with zero attached hydrogens (tertiary/aromatic N) is 5. The standard InChI is InChI=1S/C16H14F3N5O/c1-22-9-12(8-21-22)24-5-4-23(10-15(24)25)14-3-2-11(7-20)6-13(14)16(17,18)19/h2-3,6,8-9H,4-5,10H2,1H3. The van der Waals surface area contributed by atoms with Gasteiger partial charge in [-0.2, -0.15) is 23.5 Å². The predicted octanol–water partition coefficient (Wildman–Crippen LogP) is 2.16. The van der Waals surface area contributed by atoms with Gasteiger partial charge in [0.15, 0.2) is 0 Å². The van der Waals surface area contributed by atoms with Crippen molar-refractivity contribution in [3.63, 3.8) is 0 Å². The third-order valence-electron chi connectivity index (χ3n) is 4.00. The lowest BCUT2D eigenvalue weighted by atomic mass is 10.1. The summed E-state index contributed by atoms with van der Waals surface area (Å²) in [6.07, 6.45) is -1.39. The molecule has 0 bridgehead atoms. The minimum absolute atomic E-state index is 0.0728. The van der Waals surface area contributed by atoms with E-state index >= 15 is 0 Å². The van der Waals surface area contributed by atoms with Crippen molar-refractivity contribution in [1.29, 1.82) is 5.26 Å². The molecule has 130 valence electrons. The minimum Gasteiger partial charge on any atom is -0.360 e. The number of aromatic nitrogens is 2. The van der Waals surface area contributed by atoms with Crippen LogP contribution in [-0.4, -0.2) is 35.3 Å². The van der Waals surface area contributed by atoms with E-state index in [1.54, 1.807) is 24.0 Å². The van der Waals surface area contributed by atoms with Crippen molar-refractivity contribution in [2.45, 2.75) is 6.18 Å². The lowest BCUT2D eigenvalue weighted by molar-refractivity contribution is -0.137. The van der Waals surface area contributed by atoms with Crippen LogP contribution >= 0.6 is 0 Å². The Kier molecular flexibility index (Phi) is 4.12. The Labute approximate surface area is 141 Å². The Balaban J connectivity index is 1.87. The van der Waals surface area contributed by atoms with Crippen molar-refractivity contribution in [2.75, 3.05) is 29.4 Å². The highest BCUT2D eigenvalue weighted by atomic mass is 19.4. The van der Waals surface area contributed by atoms with E-state index < -0.39 is 11.7 Å². The highest BCUT2D eigenvalue weighted by molar-refractivity contribution is 5.97. The second-order valence-corrected chi connectivity index (χ2v) is 5.68. The lowest BCUT2D eigenvalue weighted by Crippen LogP contribution is -2.51. The molecule has 2 aromatic rings. The molecule has 0 N–H and O–H groups in total. The maximum Gasteiger partial charge on any atom is 0.418 e. The monoisotopic (exact) mass is 349 g/mol. The van der Waals surface area contributed by atoms with E-state index in [-0.39, 0.29) is 36.8 Å². The third kappa shape index (κ3) is 3.28. The molecule has 0 aliphatic carbocycles. The maximum atomic E-state index is 13.3. The Hall–Kier alpha value is -3.02. The van der Waals surface area contributed by atoms with Crippen molar-refractivity contribution >= 4 is 17.3 Å². The largest absolute Gasteiger partial charge is 0.418 e. The molecular weight excluding hydrogens is 335 g/mol. The number of amides is 1. The van der Waals surface area contributed by atoms with Crippen LogP contribution in [0.3, 0.4) is 0 Å². The van der Waals surface area contributed by atoms with Crippen molar-refractivity contribution in [2.24, 2.45) is 7.05 Å². The van der Waals surface area contributed by atoms with E-state index in [9.17, 15) is 18.0 Å². The number of alkyl halides is 3. The number of hydrogen-bond donors (Lipinski definition) is 0. The highest BCUT2D eigenvalue weighted by Crippen LogP contribution is 2.37. The molecule has 1 aromatic carbocycles. The number of rotatable bonds is 2. The van der Waals surface area contributed by atoms with Crippen molar-refractivity contribution in [3.8, 4) is 6.07 Å². The molecule has 25 heavy (non-hydrogen) atoms. The number of benzene rings is 1. The van der Waals surface area contributed by atoms with Gasteiger partial charge in [-0.25, -0.2) is 0 Å². The Bertz CT molecular complexity index is 852. The van der Waals surface area contributed by atoms with Gasteiger partial charge < -0.3 is 9.80 Å². The number of hydrogen-bond acceptors (Lipinski definition) is 4. The molecule has 1 aromatic heterocycles. The van der Waals surface area contributed by atoms with Gasteiger partial charge in [0.05, 0.1) is 35.6 Å². The second-order valence-electron chi connectivity index (χ2n) is 5.68. The molecule has 1 amide bonds. The predicted molar refractivity (Wildman–Crippen MR) is 83.9 cm³/mol. The fourth-order valence-corrected chi connectivity index (χ4v) is 2.81. The number of halogens is 3. The first-order chi connectivity index (χ1) is 11.8. The van der Waals surface area contributed by atoms with Gasteiger partial charge in [-0.15, -0.1) is 0 Å². The first-order valence-corrected chi connectivity index (χ1v) is 7.45. The maximum absolute atomic E-state index is 13.3. The molecule has 6 nitrogen and oxygen atoms in total. The van der Waals surface area contributed by atoms with Crippen molar-refractivity contribution in [3.05, 3.63) is 41.7 Å². The van der Waals surface area contributed by atoms with E-state index in [1.807, 2.05) is 0 Å². The molecule has 0 saturated carbocycles. The van der Waals surface area contributed by atoms with Gasteiger partial charge in [-0.05, 0) is 18.2 Å². The first-order valence-electron chi connectivity index (χ1n) is 7.45. The van der Waals surface area contributed by atoms with Gasteiger partial charge in [-0.3, -0.25) is 9.48 Å². The molecule has 0 radical (unpaired) electrons. The summed E-state index contributed by atoms with van der Waals surface area (Å²) in [5.74, 6) is -0.309. The molecule has 0 atom stereocenters.